The molecule has 7 heteroatoms. The van der Waals surface area contributed by atoms with Crippen LogP contribution in [0.5, 0.6) is 0 Å². The van der Waals surface area contributed by atoms with Gasteiger partial charge in [0.25, 0.3) is 5.91 Å². The van der Waals surface area contributed by atoms with Crippen LogP contribution < -0.4 is 5.73 Å². The zero-order valence-corrected chi connectivity index (χ0v) is 12.5. The van der Waals surface area contributed by atoms with Gasteiger partial charge in [-0.1, -0.05) is 0 Å². The van der Waals surface area contributed by atoms with Gasteiger partial charge in [0.15, 0.2) is 0 Å². The summed E-state index contributed by atoms with van der Waals surface area (Å²) in [6.45, 7) is 2.83. The first kappa shape index (κ1) is 13.0. The summed E-state index contributed by atoms with van der Waals surface area (Å²) >= 11 is 1.87. The van der Waals surface area contributed by atoms with Crippen molar-refractivity contribution in [2.75, 3.05) is 13.1 Å². The van der Waals surface area contributed by atoms with E-state index in [9.17, 15) is 4.79 Å². The fourth-order valence-corrected chi connectivity index (χ4v) is 4.21. The number of rotatable bonds is 4. The lowest BCUT2D eigenvalue weighted by atomic mass is 10.1. The van der Waals surface area contributed by atoms with Crippen molar-refractivity contribution in [1.29, 1.82) is 0 Å². The molecule has 0 unspecified atom stereocenters. The molecule has 6 nitrogen and oxygen atoms in total. The van der Waals surface area contributed by atoms with Crippen LogP contribution in [0.2, 0.25) is 0 Å². The molecule has 1 aliphatic carbocycles. The summed E-state index contributed by atoms with van der Waals surface area (Å²) in [7, 11) is 0. The second-order valence-corrected chi connectivity index (χ2v) is 6.92. The number of carbonyl (C=O) groups is 1. The number of likely N-dealkylation sites (tertiary alicyclic amines) is 1. The van der Waals surface area contributed by atoms with E-state index in [1.807, 2.05) is 16.0 Å². The van der Waals surface area contributed by atoms with Crippen molar-refractivity contribution in [2.24, 2.45) is 5.73 Å². The number of hydrogen-bond acceptors (Lipinski definition) is 5. The fraction of sp³-hybridized carbons (Fsp3) is 0.500. The standard InChI is InChI=1S/C14H17N5OS/c15-14(20)9-4-16-19(5-9)10-6-18(7-10)8-13-17-11-2-1-3-12(11)21-13/h4-5,10H,1-3,6-8H2,(H2,15,20). The minimum absolute atomic E-state index is 0.338. The Balaban J connectivity index is 1.35. The van der Waals surface area contributed by atoms with Gasteiger partial charge >= 0.3 is 0 Å². The molecule has 2 aliphatic rings. The molecule has 0 saturated carbocycles. The summed E-state index contributed by atoms with van der Waals surface area (Å²) < 4.78 is 1.85. The zero-order chi connectivity index (χ0) is 14.4. The summed E-state index contributed by atoms with van der Waals surface area (Å²) in [5, 5.41) is 5.45. The van der Waals surface area contributed by atoms with Crippen LogP contribution in [-0.4, -0.2) is 38.7 Å². The third-order valence-corrected chi connectivity index (χ3v) is 5.34. The van der Waals surface area contributed by atoms with Crippen molar-refractivity contribution in [2.45, 2.75) is 31.8 Å². The molecule has 4 rings (SSSR count). The molecule has 0 bridgehead atoms. The number of aromatic nitrogens is 3. The van der Waals surface area contributed by atoms with Crippen molar-refractivity contribution in [3.05, 3.63) is 33.5 Å². The maximum absolute atomic E-state index is 11.1. The Kier molecular flexibility index (Phi) is 3.04. The summed E-state index contributed by atoms with van der Waals surface area (Å²) in [6.07, 6.45) is 6.90. The van der Waals surface area contributed by atoms with E-state index in [4.69, 9.17) is 10.7 Å². The summed E-state index contributed by atoms with van der Waals surface area (Å²) in [4.78, 5) is 19.7. The molecule has 1 aliphatic heterocycles. The van der Waals surface area contributed by atoms with Crippen LogP contribution in [0.4, 0.5) is 0 Å². The van der Waals surface area contributed by atoms with Crippen LogP contribution in [-0.2, 0) is 19.4 Å². The highest BCUT2D eigenvalue weighted by Gasteiger charge is 2.30. The molecule has 0 spiro atoms. The van der Waals surface area contributed by atoms with Crippen LogP contribution in [0, 0.1) is 0 Å². The maximum Gasteiger partial charge on any atom is 0.251 e. The number of nitrogens with zero attached hydrogens (tertiary/aromatic N) is 4. The van der Waals surface area contributed by atoms with Gasteiger partial charge in [0, 0.05) is 24.2 Å². The van der Waals surface area contributed by atoms with Gasteiger partial charge in [0.05, 0.1) is 30.0 Å². The van der Waals surface area contributed by atoms with Gasteiger partial charge in [-0.05, 0) is 19.3 Å². The second kappa shape index (κ2) is 4.92. The zero-order valence-electron chi connectivity index (χ0n) is 11.7. The van der Waals surface area contributed by atoms with Crippen molar-refractivity contribution >= 4 is 17.2 Å². The average Bonchev–Trinajstić information content (AvgIpc) is 3.08. The number of thiazole rings is 1. The van der Waals surface area contributed by atoms with E-state index in [0.717, 1.165) is 26.1 Å². The maximum atomic E-state index is 11.1. The predicted molar refractivity (Wildman–Crippen MR) is 79.2 cm³/mol. The number of amides is 1. The van der Waals surface area contributed by atoms with E-state index >= 15 is 0 Å². The molecule has 0 radical (unpaired) electrons. The highest BCUT2D eigenvalue weighted by Crippen LogP contribution is 2.30. The molecule has 3 heterocycles. The lowest BCUT2D eigenvalue weighted by Crippen LogP contribution is -2.47. The number of fused-ring (bicyclic) bond motifs is 1. The first-order valence-corrected chi connectivity index (χ1v) is 8.04. The lowest BCUT2D eigenvalue weighted by Gasteiger charge is -2.38. The Hall–Kier alpha value is -1.73. The van der Waals surface area contributed by atoms with E-state index in [1.165, 1.54) is 34.6 Å². The van der Waals surface area contributed by atoms with Gasteiger partial charge in [-0.15, -0.1) is 11.3 Å². The Morgan fingerprint density at radius 3 is 3.00 bits per heavy atom. The van der Waals surface area contributed by atoms with Gasteiger partial charge in [0.2, 0.25) is 0 Å². The monoisotopic (exact) mass is 303 g/mol. The number of nitrogens with two attached hydrogens (primary N) is 1. The number of hydrogen-bond donors (Lipinski definition) is 1. The van der Waals surface area contributed by atoms with Gasteiger partial charge in [0.1, 0.15) is 5.01 Å². The number of aryl methyl sites for hydroxylation is 2. The van der Waals surface area contributed by atoms with Gasteiger partial charge in [-0.25, -0.2) is 4.98 Å². The predicted octanol–water partition coefficient (Wildman–Crippen LogP) is 0.984. The third kappa shape index (κ3) is 2.36. The molecule has 21 heavy (non-hydrogen) atoms. The quantitative estimate of drug-likeness (QED) is 0.913. The largest absolute Gasteiger partial charge is 0.366 e. The number of carbonyl (C=O) groups excluding carboxylic acids is 1. The molecular formula is C14H17N5OS. The Morgan fingerprint density at radius 1 is 1.43 bits per heavy atom. The first-order valence-electron chi connectivity index (χ1n) is 7.23. The first-order chi connectivity index (χ1) is 10.2. The van der Waals surface area contributed by atoms with Crippen molar-refractivity contribution in [3.8, 4) is 0 Å². The Labute approximate surface area is 126 Å². The van der Waals surface area contributed by atoms with Crippen LogP contribution >= 0.6 is 11.3 Å². The topological polar surface area (TPSA) is 77.0 Å². The third-order valence-electron chi connectivity index (χ3n) is 4.20. The minimum atomic E-state index is -0.422. The Bertz CT molecular complexity index is 664. The highest BCUT2D eigenvalue weighted by molar-refractivity contribution is 7.11. The summed E-state index contributed by atoms with van der Waals surface area (Å²) in [5.74, 6) is -0.422. The summed E-state index contributed by atoms with van der Waals surface area (Å²) in [6, 6.07) is 0.338. The lowest BCUT2D eigenvalue weighted by molar-refractivity contribution is 0.0905. The molecule has 110 valence electrons. The Morgan fingerprint density at radius 2 is 2.29 bits per heavy atom. The van der Waals surface area contributed by atoms with Crippen LogP contribution in [0.3, 0.4) is 0 Å². The van der Waals surface area contributed by atoms with Gasteiger partial charge in [-0.3, -0.25) is 14.4 Å². The molecule has 2 aromatic heterocycles. The van der Waals surface area contributed by atoms with Crippen molar-refractivity contribution in [1.82, 2.24) is 19.7 Å². The fourth-order valence-electron chi connectivity index (χ4n) is 3.01. The normalized spacial score (nSPS) is 18.7. The molecule has 1 saturated heterocycles. The highest BCUT2D eigenvalue weighted by atomic mass is 32.1. The average molecular weight is 303 g/mol. The smallest absolute Gasteiger partial charge is 0.251 e. The van der Waals surface area contributed by atoms with Gasteiger partial charge in [-0.2, -0.15) is 5.10 Å². The SMILES string of the molecule is NC(=O)c1cnn(C2CN(Cc3nc4c(s3)CCC4)C2)c1. The van der Waals surface area contributed by atoms with Crippen LogP contribution in [0.15, 0.2) is 12.4 Å². The molecule has 2 N–H and O–H groups in total. The van der Waals surface area contributed by atoms with E-state index in [2.05, 4.69) is 10.00 Å². The van der Waals surface area contributed by atoms with Crippen molar-refractivity contribution in [3.63, 3.8) is 0 Å². The molecular weight excluding hydrogens is 286 g/mol. The van der Waals surface area contributed by atoms with E-state index < -0.39 is 5.91 Å². The van der Waals surface area contributed by atoms with E-state index in [-0.39, 0.29) is 0 Å². The molecule has 0 aromatic carbocycles. The van der Waals surface area contributed by atoms with Gasteiger partial charge < -0.3 is 5.73 Å². The molecule has 0 atom stereocenters. The molecule has 1 fully saturated rings. The van der Waals surface area contributed by atoms with E-state index in [1.54, 1.807) is 6.20 Å². The summed E-state index contributed by atoms with van der Waals surface area (Å²) in [5.41, 5.74) is 7.04. The van der Waals surface area contributed by atoms with Crippen molar-refractivity contribution < 1.29 is 4.79 Å². The molecule has 1 amide bonds. The minimum Gasteiger partial charge on any atom is -0.366 e. The van der Waals surface area contributed by atoms with Crippen LogP contribution in [0.25, 0.3) is 0 Å². The number of primary amides is 1. The second-order valence-electron chi connectivity index (χ2n) is 5.75. The molecule has 2 aromatic rings. The van der Waals surface area contributed by atoms with Crippen LogP contribution in [0.1, 0.15) is 38.4 Å². The van der Waals surface area contributed by atoms with E-state index in [0.29, 0.717) is 11.6 Å².